The number of sulfone groups is 2. The van der Waals surface area contributed by atoms with Gasteiger partial charge >= 0.3 is 0 Å². The van der Waals surface area contributed by atoms with E-state index in [1.54, 1.807) is 60.7 Å². The quantitative estimate of drug-likeness (QED) is 0.149. The largest absolute Gasteiger partial charge is 0.341 e. The molecule has 8 heteroatoms. The number of aryl methyl sites for hydroxylation is 3. The first kappa shape index (κ1) is 31.9. The average molecular weight is 689 g/mol. The van der Waals surface area contributed by atoms with Crippen LogP contribution in [0.4, 0.5) is 0 Å². The van der Waals surface area contributed by atoms with Gasteiger partial charge in [-0.25, -0.2) is 16.8 Å². The molecule has 0 saturated heterocycles. The Morgan fingerprint density at radius 2 is 0.958 bits per heavy atom. The van der Waals surface area contributed by atoms with Crippen molar-refractivity contribution in [3.8, 4) is 0 Å². The maximum Gasteiger partial charge on any atom is 0.206 e. The van der Waals surface area contributed by atoms with Crippen molar-refractivity contribution >= 4 is 52.4 Å². The molecule has 0 unspecified atom stereocenters. The van der Waals surface area contributed by atoms with Gasteiger partial charge < -0.3 is 4.57 Å². The Kier molecular flexibility index (Phi) is 8.27. The fourth-order valence-electron chi connectivity index (χ4n) is 6.26. The van der Waals surface area contributed by atoms with Gasteiger partial charge in [0.05, 0.1) is 30.5 Å². The third-order valence-electron chi connectivity index (χ3n) is 8.63. The number of para-hydroxylation sites is 1. The number of hydrogen-bond acceptors (Lipinski definition) is 4. The highest BCUT2D eigenvalue weighted by Crippen LogP contribution is 2.37. The van der Waals surface area contributed by atoms with E-state index >= 15 is 0 Å². The van der Waals surface area contributed by atoms with Gasteiger partial charge in [-0.05, 0) is 123 Å². The van der Waals surface area contributed by atoms with Crippen LogP contribution >= 0.6 is 0 Å². The Balaban J connectivity index is 1.36. The van der Waals surface area contributed by atoms with Gasteiger partial charge in [-0.1, -0.05) is 42.5 Å². The van der Waals surface area contributed by atoms with E-state index in [1.807, 2.05) is 50.2 Å². The zero-order chi connectivity index (χ0) is 33.6. The lowest BCUT2D eigenvalue weighted by atomic mass is 10.1. The summed E-state index contributed by atoms with van der Waals surface area (Å²) in [6, 6.07) is 42.9. The van der Waals surface area contributed by atoms with Crippen molar-refractivity contribution in [3.05, 3.63) is 151 Å². The van der Waals surface area contributed by atoms with E-state index in [0.29, 0.717) is 0 Å². The third kappa shape index (κ3) is 5.64. The lowest BCUT2D eigenvalue weighted by Crippen LogP contribution is -2.08. The number of hydrogen-bond donors (Lipinski definition) is 0. The van der Waals surface area contributed by atoms with E-state index in [1.165, 1.54) is 10.9 Å². The molecule has 0 aliphatic heterocycles. The first-order valence-corrected chi connectivity index (χ1v) is 19.9. The summed E-state index contributed by atoms with van der Waals surface area (Å²) in [5, 5.41) is 2.30. The molecule has 0 bridgehead atoms. The molecule has 48 heavy (non-hydrogen) atoms. The summed E-state index contributed by atoms with van der Waals surface area (Å²) in [5.41, 5.74) is 4.07. The molecule has 1 heterocycles. The van der Waals surface area contributed by atoms with Crippen molar-refractivity contribution in [3.63, 3.8) is 0 Å². The topological polar surface area (TPSA) is 73.2 Å². The monoisotopic (exact) mass is 688 g/mol. The molecule has 240 valence electrons. The van der Waals surface area contributed by atoms with Crippen LogP contribution < -0.4 is 0 Å². The second kappa shape index (κ2) is 12.4. The zero-order valence-electron chi connectivity index (χ0n) is 26.8. The van der Waals surface area contributed by atoms with E-state index in [9.17, 15) is 16.8 Å². The molecule has 0 saturated carbocycles. The highest BCUT2D eigenvalue weighted by atomic mass is 32.2. The van der Waals surface area contributed by atoms with Crippen LogP contribution in [0.25, 0.3) is 21.8 Å². The Labute approximate surface area is 284 Å². The van der Waals surface area contributed by atoms with E-state index in [-0.39, 0.29) is 19.6 Å². The summed E-state index contributed by atoms with van der Waals surface area (Å²) in [5.74, 6) is 0. The minimum absolute atomic E-state index is 0.224. The zero-order valence-corrected chi connectivity index (χ0v) is 29.2. The Hall–Kier alpha value is -4.63. The second-order valence-corrected chi connectivity index (χ2v) is 17.8. The number of aromatic nitrogens is 1. The molecule has 0 radical (unpaired) electrons. The molecule has 0 atom stereocenters. The lowest BCUT2D eigenvalue weighted by molar-refractivity contribution is 0.594. The van der Waals surface area contributed by atoms with Crippen molar-refractivity contribution in [1.29, 1.82) is 0 Å². The van der Waals surface area contributed by atoms with Crippen molar-refractivity contribution < 1.29 is 16.8 Å². The molecule has 7 rings (SSSR count). The normalized spacial score (nSPS) is 12.2. The van der Waals surface area contributed by atoms with Crippen LogP contribution in [0.5, 0.6) is 0 Å². The maximum absolute atomic E-state index is 13.5. The van der Waals surface area contributed by atoms with Crippen molar-refractivity contribution in [1.82, 2.24) is 4.57 Å². The van der Waals surface area contributed by atoms with Crippen LogP contribution in [0.3, 0.4) is 0 Å². The minimum atomic E-state index is -3.70. The van der Waals surface area contributed by atoms with Crippen LogP contribution in [-0.4, -0.2) is 21.4 Å². The van der Waals surface area contributed by atoms with Gasteiger partial charge in [-0.15, -0.1) is 0 Å². The lowest BCUT2D eigenvalue weighted by Gasteiger charge is -2.11. The SMILES string of the molecule is CCn1c2ccccc2c2cc([S+](c3ccc(S(=O)(=O)c4cccc(C)c4)cc3)c3ccc(S(=O)(=O)c4cccc(C)c4)cc3)ccc21. The molecule has 1 aromatic heterocycles. The summed E-state index contributed by atoms with van der Waals surface area (Å²) in [7, 11) is -8.08. The van der Waals surface area contributed by atoms with Gasteiger partial charge in [-0.2, -0.15) is 0 Å². The summed E-state index contributed by atoms with van der Waals surface area (Å²) in [6.07, 6.45) is 0. The van der Waals surface area contributed by atoms with E-state index in [2.05, 4.69) is 54.0 Å². The molecule has 0 spiro atoms. The van der Waals surface area contributed by atoms with Crippen LogP contribution in [0.15, 0.2) is 174 Å². The van der Waals surface area contributed by atoms with E-state index < -0.39 is 30.6 Å². The molecular weight excluding hydrogens is 655 g/mol. The van der Waals surface area contributed by atoms with Crippen molar-refractivity contribution in [2.24, 2.45) is 0 Å². The number of nitrogens with zero attached hydrogens (tertiary/aromatic N) is 1. The third-order valence-corrected chi connectivity index (χ3v) is 14.4. The Morgan fingerprint density at radius 3 is 1.46 bits per heavy atom. The first-order chi connectivity index (χ1) is 23.1. The van der Waals surface area contributed by atoms with Crippen LogP contribution in [0, 0.1) is 13.8 Å². The van der Waals surface area contributed by atoms with Crippen molar-refractivity contribution in [2.45, 2.75) is 61.6 Å². The fraction of sp³-hybridized carbons (Fsp3) is 0.100. The summed E-state index contributed by atoms with van der Waals surface area (Å²) < 4.78 is 56.4. The smallest absolute Gasteiger partial charge is 0.206 e. The Morgan fingerprint density at radius 1 is 0.479 bits per heavy atom. The predicted molar refractivity (Wildman–Crippen MR) is 193 cm³/mol. The molecule has 0 amide bonds. The summed E-state index contributed by atoms with van der Waals surface area (Å²) in [6.45, 7) is 6.73. The standard InChI is InChI=1S/C40H34NO4S3/c1-4-41-39-14-6-5-13-37(39)38-27-32(19-24-40(38)41)46(30-15-20-33(21-16-30)47(42,43)35-11-7-9-28(2)25-35)31-17-22-34(23-18-31)48(44,45)36-12-8-10-29(3)26-36/h5-27H,4H2,1-3H3/q+1. The molecule has 0 aliphatic carbocycles. The summed E-state index contributed by atoms with van der Waals surface area (Å²) >= 11 is 0. The van der Waals surface area contributed by atoms with Gasteiger partial charge in [0.1, 0.15) is 0 Å². The van der Waals surface area contributed by atoms with E-state index in [4.69, 9.17) is 0 Å². The Bertz CT molecular complexity index is 2420. The molecule has 6 aromatic carbocycles. The minimum Gasteiger partial charge on any atom is -0.341 e. The number of fused-ring (bicyclic) bond motifs is 3. The second-order valence-electron chi connectivity index (χ2n) is 11.8. The highest BCUT2D eigenvalue weighted by molar-refractivity contribution is 7.97. The number of rotatable bonds is 8. The molecule has 5 nitrogen and oxygen atoms in total. The van der Waals surface area contributed by atoms with Crippen LogP contribution in [-0.2, 0) is 37.1 Å². The predicted octanol–water partition coefficient (Wildman–Crippen LogP) is 9.19. The summed E-state index contributed by atoms with van der Waals surface area (Å²) in [4.78, 5) is 3.86. The molecule has 0 fully saturated rings. The van der Waals surface area contributed by atoms with Gasteiger partial charge in [0.2, 0.25) is 19.7 Å². The van der Waals surface area contributed by atoms with Gasteiger partial charge in [-0.3, -0.25) is 0 Å². The highest BCUT2D eigenvalue weighted by Gasteiger charge is 2.31. The van der Waals surface area contributed by atoms with Crippen LogP contribution in [0.2, 0.25) is 0 Å². The average Bonchev–Trinajstić information content (AvgIpc) is 3.42. The first-order valence-electron chi connectivity index (χ1n) is 15.7. The molecule has 0 N–H and O–H groups in total. The fourth-order valence-corrected chi connectivity index (χ4v) is 11.1. The molecular formula is C40H34NO4S3+. The van der Waals surface area contributed by atoms with Crippen molar-refractivity contribution in [2.75, 3.05) is 0 Å². The number of benzene rings is 6. The van der Waals surface area contributed by atoms with Crippen LogP contribution in [0.1, 0.15) is 18.1 Å². The maximum atomic E-state index is 13.5. The molecule has 0 aliphatic rings. The molecule has 7 aromatic rings. The van der Waals surface area contributed by atoms with Gasteiger partial charge in [0.15, 0.2) is 14.7 Å². The van der Waals surface area contributed by atoms with E-state index in [0.717, 1.165) is 43.3 Å². The van der Waals surface area contributed by atoms with Gasteiger partial charge in [0, 0.05) is 34.4 Å². The van der Waals surface area contributed by atoms with Gasteiger partial charge in [0.25, 0.3) is 0 Å².